The zero-order chi connectivity index (χ0) is 14.5. The van der Waals surface area contributed by atoms with Gasteiger partial charge < -0.3 is 10.1 Å². The van der Waals surface area contributed by atoms with Crippen LogP contribution < -0.4 is 5.32 Å². The van der Waals surface area contributed by atoms with Gasteiger partial charge in [0, 0.05) is 36.9 Å². The number of nitrogens with zero attached hydrogens (tertiary/aromatic N) is 3. The van der Waals surface area contributed by atoms with Crippen molar-refractivity contribution in [1.29, 1.82) is 0 Å². The molecule has 1 aliphatic rings. The fourth-order valence-corrected chi connectivity index (χ4v) is 3.46. The average Bonchev–Trinajstić information content (AvgIpc) is 3.03. The molecule has 1 aliphatic heterocycles. The van der Waals surface area contributed by atoms with Gasteiger partial charge in [0.05, 0.1) is 18.8 Å². The highest BCUT2D eigenvalue weighted by atomic mass is 32.1. The van der Waals surface area contributed by atoms with Gasteiger partial charge in [0.25, 0.3) is 0 Å². The summed E-state index contributed by atoms with van der Waals surface area (Å²) in [6, 6.07) is 6.46. The molecule has 3 rings (SSSR count). The summed E-state index contributed by atoms with van der Waals surface area (Å²) in [6.45, 7) is 5.65. The molecule has 0 aliphatic carbocycles. The van der Waals surface area contributed by atoms with Gasteiger partial charge in [0.1, 0.15) is 0 Å². The second-order valence-electron chi connectivity index (χ2n) is 5.16. The summed E-state index contributed by atoms with van der Waals surface area (Å²) >= 11 is 1.80. The van der Waals surface area contributed by atoms with Gasteiger partial charge in [-0.25, -0.2) is 9.97 Å². The Morgan fingerprint density at radius 3 is 3.00 bits per heavy atom. The van der Waals surface area contributed by atoms with Gasteiger partial charge in [-0.05, 0) is 24.4 Å². The van der Waals surface area contributed by atoms with Gasteiger partial charge in [-0.1, -0.05) is 6.07 Å². The highest BCUT2D eigenvalue weighted by Gasteiger charge is 2.26. The summed E-state index contributed by atoms with van der Waals surface area (Å²) in [7, 11) is 0. The Bertz CT molecular complexity index is 534. The zero-order valence-electron chi connectivity index (χ0n) is 12.1. The Balaban J connectivity index is 1.70. The first kappa shape index (κ1) is 14.4. The lowest BCUT2D eigenvalue weighted by atomic mass is 10.1. The molecule has 1 saturated heterocycles. The molecule has 0 spiro atoms. The molecular formula is C15H20N4OS. The second-order valence-corrected chi connectivity index (χ2v) is 6.14. The first-order valence-corrected chi connectivity index (χ1v) is 8.11. The number of nitrogens with one attached hydrogen (secondary N) is 1. The molecule has 112 valence electrons. The van der Waals surface area contributed by atoms with Crippen LogP contribution in [0, 0.1) is 0 Å². The van der Waals surface area contributed by atoms with E-state index in [1.807, 2.05) is 6.07 Å². The van der Waals surface area contributed by atoms with E-state index >= 15 is 0 Å². The maximum atomic E-state index is 5.65. The van der Waals surface area contributed by atoms with E-state index < -0.39 is 0 Å². The maximum absolute atomic E-state index is 5.65. The molecular weight excluding hydrogens is 284 g/mol. The third-order valence-electron chi connectivity index (χ3n) is 3.60. The summed E-state index contributed by atoms with van der Waals surface area (Å²) < 4.78 is 5.65. The summed E-state index contributed by atoms with van der Waals surface area (Å²) in [5.41, 5.74) is 0. The van der Waals surface area contributed by atoms with Crippen LogP contribution in [0.5, 0.6) is 0 Å². The Labute approximate surface area is 129 Å². The molecule has 3 heterocycles. The predicted molar refractivity (Wildman–Crippen MR) is 84.6 cm³/mol. The first-order valence-electron chi connectivity index (χ1n) is 7.23. The van der Waals surface area contributed by atoms with Gasteiger partial charge in [0.2, 0.25) is 5.95 Å². The molecule has 0 amide bonds. The van der Waals surface area contributed by atoms with Crippen LogP contribution in [0.3, 0.4) is 0 Å². The van der Waals surface area contributed by atoms with E-state index in [1.54, 1.807) is 23.7 Å². The van der Waals surface area contributed by atoms with Gasteiger partial charge in [-0.2, -0.15) is 0 Å². The average molecular weight is 304 g/mol. The standard InChI is InChI=1S/C15H20N4OS/c1-12-11-19(7-8-20-12)13(14-4-2-9-21-14)10-18-15-16-5-3-6-17-15/h2-6,9,12-13H,7-8,10-11H2,1H3,(H,16,17,18). The molecule has 0 saturated carbocycles. The van der Waals surface area contributed by atoms with Crippen LogP contribution in [0.4, 0.5) is 5.95 Å². The molecule has 5 nitrogen and oxygen atoms in total. The number of morpholine rings is 1. The summed E-state index contributed by atoms with van der Waals surface area (Å²) in [5.74, 6) is 0.681. The molecule has 21 heavy (non-hydrogen) atoms. The Morgan fingerprint density at radius 2 is 2.29 bits per heavy atom. The minimum Gasteiger partial charge on any atom is -0.376 e. The molecule has 1 fully saturated rings. The van der Waals surface area contributed by atoms with E-state index in [2.05, 4.69) is 44.6 Å². The van der Waals surface area contributed by atoms with E-state index in [4.69, 9.17) is 4.74 Å². The van der Waals surface area contributed by atoms with Crippen LogP contribution >= 0.6 is 11.3 Å². The predicted octanol–water partition coefficient (Wildman–Crippen LogP) is 2.41. The van der Waals surface area contributed by atoms with Gasteiger partial charge in [0.15, 0.2) is 0 Å². The first-order chi connectivity index (χ1) is 10.3. The van der Waals surface area contributed by atoms with Crippen molar-refractivity contribution >= 4 is 17.3 Å². The number of hydrogen-bond acceptors (Lipinski definition) is 6. The minimum atomic E-state index is 0.286. The molecule has 0 radical (unpaired) electrons. The van der Waals surface area contributed by atoms with E-state index in [0.717, 1.165) is 26.2 Å². The molecule has 6 heteroatoms. The van der Waals surface area contributed by atoms with Gasteiger partial charge in [-0.3, -0.25) is 4.90 Å². The fourth-order valence-electron chi connectivity index (χ4n) is 2.60. The lowest BCUT2D eigenvalue weighted by molar-refractivity contribution is -0.0322. The molecule has 2 aromatic rings. The molecule has 2 atom stereocenters. The largest absolute Gasteiger partial charge is 0.376 e. The fraction of sp³-hybridized carbons (Fsp3) is 0.467. The number of anilines is 1. The molecule has 0 bridgehead atoms. The smallest absolute Gasteiger partial charge is 0.222 e. The number of thiophene rings is 1. The summed E-state index contributed by atoms with van der Waals surface area (Å²) in [6.07, 6.45) is 3.80. The van der Waals surface area contributed by atoms with Crippen LogP contribution in [0.2, 0.25) is 0 Å². The van der Waals surface area contributed by atoms with Crippen molar-refractivity contribution in [3.8, 4) is 0 Å². The van der Waals surface area contributed by atoms with Crippen molar-refractivity contribution < 1.29 is 4.74 Å². The number of aromatic nitrogens is 2. The number of rotatable bonds is 5. The SMILES string of the molecule is CC1CN(C(CNc2ncccn2)c2cccs2)CCO1. The molecule has 0 aromatic carbocycles. The third-order valence-corrected chi connectivity index (χ3v) is 4.58. The van der Waals surface area contributed by atoms with Gasteiger partial charge in [-0.15, -0.1) is 11.3 Å². The lowest BCUT2D eigenvalue weighted by Crippen LogP contribution is -2.44. The van der Waals surface area contributed by atoms with E-state index in [0.29, 0.717) is 12.0 Å². The monoisotopic (exact) mass is 304 g/mol. The molecule has 1 N–H and O–H groups in total. The Kier molecular flexibility index (Phi) is 4.80. The highest BCUT2D eigenvalue weighted by Crippen LogP contribution is 2.27. The zero-order valence-corrected chi connectivity index (χ0v) is 12.9. The summed E-state index contributed by atoms with van der Waals surface area (Å²) in [5, 5.41) is 5.48. The van der Waals surface area contributed by atoms with Crippen LogP contribution in [0.15, 0.2) is 36.0 Å². The Hall–Kier alpha value is -1.50. The maximum Gasteiger partial charge on any atom is 0.222 e. The van der Waals surface area contributed by atoms with Crippen molar-refractivity contribution in [1.82, 2.24) is 14.9 Å². The van der Waals surface area contributed by atoms with Crippen molar-refractivity contribution in [2.75, 3.05) is 31.6 Å². The Morgan fingerprint density at radius 1 is 1.43 bits per heavy atom. The normalized spacial score (nSPS) is 21.1. The van der Waals surface area contributed by atoms with Crippen LogP contribution in [-0.4, -0.2) is 47.2 Å². The summed E-state index contributed by atoms with van der Waals surface area (Å²) in [4.78, 5) is 12.3. The van der Waals surface area contributed by atoms with Crippen molar-refractivity contribution in [2.45, 2.75) is 19.1 Å². The third kappa shape index (κ3) is 3.78. The highest BCUT2D eigenvalue weighted by molar-refractivity contribution is 7.10. The van der Waals surface area contributed by atoms with E-state index in [9.17, 15) is 0 Å². The van der Waals surface area contributed by atoms with Crippen molar-refractivity contribution in [3.63, 3.8) is 0 Å². The molecule has 2 aromatic heterocycles. The van der Waals surface area contributed by atoms with Crippen molar-refractivity contribution in [3.05, 3.63) is 40.8 Å². The number of ether oxygens (including phenoxy) is 1. The lowest BCUT2D eigenvalue weighted by Gasteiger charge is -2.37. The van der Waals surface area contributed by atoms with Crippen LogP contribution in [0.1, 0.15) is 17.8 Å². The van der Waals surface area contributed by atoms with E-state index in [-0.39, 0.29) is 6.10 Å². The topological polar surface area (TPSA) is 50.3 Å². The van der Waals surface area contributed by atoms with Crippen molar-refractivity contribution in [2.24, 2.45) is 0 Å². The molecule has 2 unspecified atom stereocenters. The van der Waals surface area contributed by atoms with E-state index in [1.165, 1.54) is 4.88 Å². The minimum absolute atomic E-state index is 0.286. The quantitative estimate of drug-likeness (QED) is 0.919. The second kappa shape index (κ2) is 6.98. The van der Waals surface area contributed by atoms with Crippen LogP contribution in [0.25, 0.3) is 0 Å². The van der Waals surface area contributed by atoms with Crippen LogP contribution in [-0.2, 0) is 4.74 Å². The van der Waals surface area contributed by atoms with Gasteiger partial charge >= 0.3 is 0 Å². The number of hydrogen-bond donors (Lipinski definition) is 1.